The zero-order valence-corrected chi connectivity index (χ0v) is 9.50. The molecule has 1 saturated heterocycles. The summed E-state index contributed by atoms with van der Waals surface area (Å²) in [5.41, 5.74) is 0. The van der Waals surface area contributed by atoms with Crippen molar-refractivity contribution in [1.29, 1.82) is 0 Å². The number of hydrogen-bond acceptors (Lipinski definition) is 8. The van der Waals surface area contributed by atoms with Crippen LogP contribution in [0.5, 0.6) is 0 Å². The van der Waals surface area contributed by atoms with Gasteiger partial charge in [0.25, 0.3) is 0 Å². The van der Waals surface area contributed by atoms with Crippen molar-refractivity contribution in [3.05, 3.63) is 4.91 Å². The third-order valence-electron chi connectivity index (χ3n) is 2.61. The lowest BCUT2D eigenvalue weighted by Gasteiger charge is -2.40. The van der Waals surface area contributed by atoms with Crippen LogP contribution in [0.4, 0.5) is 4.79 Å². The number of carbonyl (C=O) groups is 1. The predicted molar refractivity (Wildman–Crippen MR) is 55.9 cm³/mol. The lowest BCUT2D eigenvalue weighted by molar-refractivity contribution is -0.252. The first kappa shape index (κ1) is 14.7. The summed E-state index contributed by atoms with van der Waals surface area (Å²) in [6, 6.07) is -2.33. The maximum Gasteiger partial charge on any atom is 0.340 e. The fourth-order valence-electron chi connectivity index (χ4n) is 1.53. The lowest BCUT2D eigenvalue weighted by Crippen LogP contribution is -2.64. The summed E-state index contributed by atoms with van der Waals surface area (Å²) in [6.45, 7) is -0.605. The summed E-state index contributed by atoms with van der Waals surface area (Å²) < 4.78 is 4.80. The minimum absolute atomic E-state index is 0.407. The Morgan fingerprint density at radius 3 is 2.50 bits per heavy atom. The second-order valence-electron chi connectivity index (χ2n) is 3.81. The van der Waals surface area contributed by atoms with E-state index >= 15 is 0 Å². The number of ether oxygens (including phenoxy) is 1. The number of hydrogen-bond donors (Lipinski definition) is 5. The van der Waals surface area contributed by atoms with Crippen LogP contribution in [-0.2, 0) is 4.74 Å². The molecule has 10 nitrogen and oxygen atoms in total. The van der Waals surface area contributed by atoms with Crippen molar-refractivity contribution in [2.45, 2.75) is 30.6 Å². The molecule has 5 N–H and O–H groups in total. The van der Waals surface area contributed by atoms with Crippen molar-refractivity contribution in [3.8, 4) is 0 Å². The first-order chi connectivity index (χ1) is 8.42. The summed E-state index contributed by atoms with van der Waals surface area (Å²) >= 11 is 0. The Morgan fingerprint density at radius 1 is 1.39 bits per heavy atom. The number of nitrogens with zero attached hydrogens (tertiary/aromatic N) is 2. The normalized spacial score (nSPS) is 35.9. The van der Waals surface area contributed by atoms with Crippen LogP contribution in [0, 0.1) is 4.91 Å². The zero-order valence-electron chi connectivity index (χ0n) is 9.50. The molecule has 5 atom stereocenters. The molecule has 10 heteroatoms. The van der Waals surface area contributed by atoms with Crippen LogP contribution >= 0.6 is 0 Å². The summed E-state index contributed by atoms with van der Waals surface area (Å²) in [7, 11) is 1.07. The molecule has 1 aliphatic rings. The summed E-state index contributed by atoms with van der Waals surface area (Å²) in [5, 5.41) is 42.4. The van der Waals surface area contributed by atoms with Crippen molar-refractivity contribution in [1.82, 2.24) is 10.3 Å². The maximum atomic E-state index is 11.3. The van der Waals surface area contributed by atoms with E-state index in [0.717, 1.165) is 7.05 Å². The molecular weight excluding hydrogens is 250 g/mol. The first-order valence-corrected chi connectivity index (χ1v) is 5.10. The van der Waals surface area contributed by atoms with Crippen molar-refractivity contribution in [3.63, 3.8) is 0 Å². The summed E-state index contributed by atoms with van der Waals surface area (Å²) in [4.78, 5) is 21.4. The highest BCUT2D eigenvalue weighted by Crippen LogP contribution is 2.19. The maximum absolute atomic E-state index is 11.3. The fraction of sp³-hybridized carbons (Fsp3) is 0.875. The van der Waals surface area contributed by atoms with Crippen molar-refractivity contribution in [2.24, 2.45) is 5.29 Å². The molecule has 0 radical (unpaired) electrons. The molecular formula is C8H15N3O7. The van der Waals surface area contributed by atoms with Gasteiger partial charge >= 0.3 is 6.03 Å². The average Bonchev–Trinajstić information content (AvgIpc) is 2.37. The lowest BCUT2D eigenvalue weighted by atomic mass is 9.97. The fourth-order valence-corrected chi connectivity index (χ4v) is 1.53. The number of aliphatic hydroxyl groups is 4. The van der Waals surface area contributed by atoms with Gasteiger partial charge in [0.05, 0.1) is 11.9 Å². The van der Waals surface area contributed by atoms with Gasteiger partial charge in [0.2, 0.25) is 0 Å². The van der Waals surface area contributed by atoms with E-state index in [1.807, 2.05) is 0 Å². The molecule has 0 aromatic rings. The Bertz CT molecular complexity index is 315. The molecule has 1 rings (SSSR count). The molecule has 1 heterocycles. The van der Waals surface area contributed by atoms with Crippen molar-refractivity contribution < 1.29 is 30.0 Å². The van der Waals surface area contributed by atoms with Gasteiger partial charge in [-0.05, 0) is 0 Å². The number of aliphatic hydroxyl groups excluding tert-OH is 4. The van der Waals surface area contributed by atoms with Crippen LogP contribution in [0.2, 0.25) is 0 Å². The Labute approximate surface area is 102 Å². The van der Waals surface area contributed by atoms with Gasteiger partial charge in [-0.3, -0.25) is 0 Å². The Kier molecular flexibility index (Phi) is 4.93. The third kappa shape index (κ3) is 2.91. The molecule has 0 unspecified atom stereocenters. The predicted octanol–water partition coefficient (Wildman–Crippen LogP) is -2.89. The largest absolute Gasteiger partial charge is 0.394 e. The standard InChI is InChI=1S/C8H15N3O7/c1-11(10-17)8(16)9-4-6(14)5(13)3(2-12)18-7(4)15/h3-7,12-15H,2H2,1H3,(H,9,16)/t3-,4+,5-,6+,7-/m0/s1. The first-order valence-electron chi connectivity index (χ1n) is 5.10. The highest BCUT2D eigenvalue weighted by atomic mass is 16.6. The topological polar surface area (TPSA) is 152 Å². The monoisotopic (exact) mass is 265 g/mol. The van der Waals surface area contributed by atoms with Gasteiger partial charge in [-0.1, -0.05) is 0 Å². The van der Waals surface area contributed by atoms with E-state index in [0.29, 0.717) is 5.01 Å². The van der Waals surface area contributed by atoms with Crippen LogP contribution in [0.1, 0.15) is 0 Å². The number of nitroso groups, excluding NO2 is 1. The van der Waals surface area contributed by atoms with Crippen LogP contribution in [0.15, 0.2) is 5.29 Å². The highest BCUT2D eigenvalue weighted by molar-refractivity contribution is 5.73. The van der Waals surface area contributed by atoms with Gasteiger partial charge in [0.1, 0.15) is 24.4 Å². The zero-order chi connectivity index (χ0) is 13.9. The number of urea groups is 1. The highest BCUT2D eigenvalue weighted by Gasteiger charge is 2.44. The Balaban J connectivity index is 2.71. The van der Waals surface area contributed by atoms with Crippen LogP contribution in [0.25, 0.3) is 0 Å². The van der Waals surface area contributed by atoms with Gasteiger partial charge < -0.3 is 30.5 Å². The van der Waals surface area contributed by atoms with E-state index in [4.69, 9.17) is 9.84 Å². The third-order valence-corrected chi connectivity index (χ3v) is 2.61. The minimum Gasteiger partial charge on any atom is -0.394 e. The van der Waals surface area contributed by atoms with E-state index in [-0.39, 0.29) is 0 Å². The molecule has 0 aliphatic carbocycles. The SMILES string of the molecule is CN(N=O)C(=O)N[C@@H]1[C@@H](O)[C@@H](O)[C@H](CO)O[C@@H]1O. The number of amides is 2. The molecule has 18 heavy (non-hydrogen) atoms. The Hall–Kier alpha value is -1.33. The molecule has 0 aromatic carbocycles. The molecule has 104 valence electrons. The quantitative estimate of drug-likeness (QED) is 0.271. The molecule has 0 bridgehead atoms. The summed E-state index contributed by atoms with van der Waals surface area (Å²) in [5.74, 6) is 0. The molecule has 0 saturated carbocycles. The van der Waals surface area contributed by atoms with E-state index in [2.05, 4.69) is 10.6 Å². The van der Waals surface area contributed by atoms with Crippen LogP contribution in [-0.4, -0.2) is 75.8 Å². The van der Waals surface area contributed by atoms with E-state index in [1.165, 1.54) is 0 Å². The van der Waals surface area contributed by atoms with Gasteiger partial charge in [-0.15, -0.1) is 4.91 Å². The average molecular weight is 265 g/mol. The molecule has 2 amide bonds. The molecule has 1 aliphatic heterocycles. The second kappa shape index (κ2) is 6.02. The minimum atomic E-state index is -1.63. The molecule has 0 aromatic heterocycles. The van der Waals surface area contributed by atoms with Gasteiger partial charge in [-0.2, -0.15) is 5.01 Å². The van der Waals surface area contributed by atoms with Crippen LogP contribution < -0.4 is 5.32 Å². The van der Waals surface area contributed by atoms with E-state index < -0.39 is 43.3 Å². The van der Waals surface area contributed by atoms with Crippen molar-refractivity contribution in [2.75, 3.05) is 13.7 Å². The molecule has 0 spiro atoms. The smallest absolute Gasteiger partial charge is 0.340 e. The summed E-state index contributed by atoms with van der Waals surface area (Å²) in [6.07, 6.45) is -5.84. The van der Waals surface area contributed by atoms with E-state index in [1.54, 1.807) is 0 Å². The van der Waals surface area contributed by atoms with Gasteiger partial charge in [-0.25, -0.2) is 4.79 Å². The number of rotatable bonds is 3. The Morgan fingerprint density at radius 2 is 2.00 bits per heavy atom. The van der Waals surface area contributed by atoms with Crippen LogP contribution in [0.3, 0.4) is 0 Å². The number of carbonyl (C=O) groups excluding carboxylic acids is 1. The van der Waals surface area contributed by atoms with E-state index in [9.17, 15) is 25.0 Å². The van der Waals surface area contributed by atoms with Gasteiger partial charge in [0.15, 0.2) is 6.29 Å². The van der Waals surface area contributed by atoms with Crippen molar-refractivity contribution >= 4 is 6.03 Å². The second-order valence-corrected chi connectivity index (χ2v) is 3.81. The molecule has 1 fully saturated rings. The number of nitrogens with one attached hydrogen (secondary N) is 1. The van der Waals surface area contributed by atoms with Gasteiger partial charge in [0, 0.05) is 7.05 Å².